The number of benzene rings is 1. The molecule has 0 aliphatic heterocycles. The third-order valence-electron chi connectivity index (χ3n) is 5.93. The molecule has 0 saturated heterocycles. The molecule has 2 aliphatic rings. The minimum absolute atomic E-state index is 0.152. The Balaban J connectivity index is 1.40. The van der Waals surface area contributed by atoms with Crippen LogP contribution in [0, 0.1) is 31.6 Å². The van der Waals surface area contributed by atoms with E-state index in [4.69, 9.17) is 0 Å². The Morgan fingerprint density at radius 3 is 2.56 bits per heavy atom. The van der Waals surface area contributed by atoms with Gasteiger partial charge < -0.3 is 5.32 Å². The first-order valence-electron chi connectivity index (χ1n) is 9.13. The third kappa shape index (κ3) is 3.26. The molecule has 5 heteroatoms. The van der Waals surface area contributed by atoms with Crippen LogP contribution in [0.2, 0.25) is 0 Å². The van der Waals surface area contributed by atoms with E-state index in [0.29, 0.717) is 12.3 Å². The highest BCUT2D eigenvalue weighted by molar-refractivity contribution is 9.10. The van der Waals surface area contributed by atoms with Gasteiger partial charge in [0.05, 0.1) is 21.5 Å². The number of amides is 1. The second kappa shape index (κ2) is 6.60. The van der Waals surface area contributed by atoms with Crippen molar-refractivity contribution in [2.24, 2.45) is 17.8 Å². The molecular formula is C20H24BrN3O. The van der Waals surface area contributed by atoms with Gasteiger partial charge in [0.1, 0.15) is 0 Å². The number of aryl methyl sites for hydroxylation is 1. The maximum absolute atomic E-state index is 12.4. The van der Waals surface area contributed by atoms with Crippen molar-refractivity contribution in [2.75, 3.05) is 5.32 Å². The molecule has 2 aromatic rings. The van der Waals surface area contributed by atoms with Crippen molar-refractivity contribution in [2.45, 2.75) is 46.0 Å². The first kappa shape index (κ1) is 16.8. The normalized spacial score (nSPS) is 24.7. The highest BCUT2D eigenvalue weighted by atomic mass is 79.9. The minimum atomic E-state index is 0.152. The standard InChI is InChI=1S/C20H24BrN3O/c1-12-20(21)13(2)24(23-12)18-7-5-17(6-8-18)22-19(25)11-16-10-14-3-4-15(16)9-14/h5-8,14-16H,3-4,9-11H2,1-2H3,(H,22,25)/t14-,15+,16+/m0/s1. The van der Waals surface area contributed by atoms with E-state index in [2.05, 4.69) is 26.3 Å². The van der Waals surface area contributed by atoms with E-state index in [1.165, 1.54) is 25.7 Å². The van der Waals surface area contributed by atoms with Gasteiger partial charge in [-0.3, -0.25) is 4.79 Å². The molecule has 25 heavy (non-hydrogen) atoms. The molecular weight excluding hydrogens is 378 g/mol. The average molecular weight is 402 g/mol. The number of nitrogens with one attached hydrogen (secondary N) is 1. The van der Waals surface area contributed by atoms with Crippen molar-refractivity contribution in [1.82, 2.24) is 9.78 Å². The van der Waals surface area contributed by atoms with Crippen LogP contribution in [0.1, 0.15) is 43.5 Å². The monoisotopic (exact) mass is 401 g/mol. The molecule has 1 amide bonds. The molecule has 1 N–H and O–H groups in total. The van der Waals surface area contributed by atoms with Crippen LogP contribution in [0.3, 0.4) is 0 Å². The molecule has 0 radical (unpaired) electrons. The molecule has 1 heterocycles. The summed E-state index contributed by atoms with van der Waals surface area (Å²) >= 11 is 3.56. The van der Waals surface area contributed by atoms with Crippen molar-refractivity contribution in [3.8, 4) is 5.69 Å². The van der Waals surface area contributed by atoms with Crippen LogP contribution in [0.5, 0.6) is 0 Å². The lowest BCUT2D eigenvalue weighted by Gasteiger charge is -2.20. The van der Waals surface area contributed by atoms with Crippen molar-refractivity contribution < 1.29 is 4.79 Å². The lowest BCUT2D eigenvalue weighted by molar-refractivity contribution is -0.117. The highest BCUT2D eigenvalue weighted by Crippen LogP contribution is 2.49. The second-order valence-corrected chi connectivity index (χ2v) is 8.42. The van der Waals surface area contributed by atoms with Crippen molar-refractivity contribution >= 4 is 27.5 Å². The largest absolute Gasteiger partial charge is 0.326 e. The minimum Gasteiger partial charge on any atom is -0.326 e. The first-order chi connectivity index (χ1) is 12.0. The highest BCUT2D eigenvalue weighted by Gasteiger charge is 2.40. The van der Waals surface area contributed by atoms with Crippen LogP contribution < -0.4 is 5.32 Å². The maximum atomic E-state index is 12.4. The number of anilines is 1. The van der Waals surface area contributed by atoms with E-state index in [9.17, 15) is 4.79 Å². The number of halogens is 1. The summed E-state index contributed by atoms with van der Waals surface area (Å²) in [4.78, 5) is 12.4. The summed E-state index contributed by atoms with van der Waals surface area (Å²) in [5.74, 6) is 2.44. The smallest absolute Gasteiger partial charge is 0.224 e. The molecule has 4 nitrogen and oxygen atoms in total. The molecule has 1 aromatic carbocycles. The van der Waals surface area contributed by atoms with Gasteiger partial charge in [0.15, 0.2) is 0 Å². The summed E-state index contributed by atoms with van der Waals surface area (Å²) < 4.78 is 2.95. The van der Waals surface area contributed by atoms with Gasteiger partial charge in [-0.2, -0.15) is 5.10 Å². The van der Waals surface area contributed by atoms with Crippen LogP contribution >= 0.6 is 15.9 Å². The van der Waals surface area contributed by atoms with Gasteiger partial charge in [-0.25, -0.2) is 4.68 Å². The Labute approximate surface area is 157 Å². The van der Waals surface area contributed by atoms with Gasteiger partial charge in [0.25, 0.3) is 0 Å². The summed E-state index contributed by atoms with van der Waals surface area (Å²) in [6, 6.07) is 7.91. The Bertz CT molecular complexity index is 796. The zero-order chi connectivity index (χ0) is 17.6. The molecule has 0 unspecified atom stereocenters. The number of carbonyl (C=O) groups is 1. The van der Waals surface area contributed by atoms with Crippen molar-refractivity contribution in [3.05, 3.63) is 40.1 Å². The van der Waals surface area contributed by atoms with Crippen molar-refractivity contribution in [3.63, 3.8) is 0 Å². The van der Waals surface area contributed by atoms with Gasteiger partial charge in [0, 0.05) is 12.1 Å². The van der Waals surface area contributed by atoms with E-state index in [1.54, 1.807) is 0 Å². The van der Waals surface area contributed by atoms with Gasteiger partial charge >= 0.3 is 0 Å². The molecule has 2 aliphatic carbocycles. The maximum Gasteiger partial charge on any atom is 0.224 e. The fourth-order valence-electron chi connectivity index (χ4n) is 4.64. The Morgan fingerprint density at radius 2 is 2.00 bits per heavy atom. The van der Waals surface area contributed by atoms with Crippen LogP contribution in [-0.2, 0) is 4.79 Å². The predicted molar refractivity (Wildman–Crippen MR) is 103 cm³/mol. The van der Waals surface area contributed by atoms with Crippen LogP contribution in [-0.4, -0.2) is 15.7 Å². The summed E-state index contributed by atoms with van der Waals surface area (Å²) in [6.07, 6.45) is 5.99. The lowest BCUT2D eigenvalue weighted by atomic mass is 9.86. The molecule has 2 bridgehead atoms. The lowest BCUT2D eigenvalue weighted by Crippen LogP contribution is -2.20. The third-order valence-corrected chi connectivity index (χ3v) is 7.08. The zero-order valence-electron chi connectivity index (χ0n) is 14.8. The molecule has 4 rings (SSSR count). The van der Waals surface area contributed by atoms with Crippen LogP contribution in [0.15, 0.2) is 28.7 Å². The average Bonchev–Trinajstić information content (AvgIpc) is 3.27. The number of hydrogen-bond donors (Lipinski definition) is 1. The summed E-state index contributed by atoms with van der Waals surface area (Å²) in [5.41, 5.74) is 3.90. The van der Waals surface area contributed by atoms with Crippen molar-refractivity contribution in [1.29, 1.82) is 0 Å². The number of fused-ring (bicyclic) bond motifs is 2. The first-order valence-corrected chi connectivity index (χ1v) is 9.92. The SMILES string of the molecule is Cc1nn(-c2ccc(NC(=O)C[C@H]3C[C@H]4CC[C@@H]3C4)cc2)c(C)c1Br. The predicted octanol–water partition coefficient (Wildman–Crippen LogP) is 5.02. The molecule has 0 spiro atoms. The molecule has 132 valence electrons. The summed E-state index contributed by atoms with van der Waals surface area (Å²) in [5, 5.41) is 7.60. The quantitative estimate of drug-likeness (QED) is 0.781. The molecule has 3 atom stereocenters. The van der Waals surface area contributed by atoms with Gasteiger partial charge in [-0.15, -0.1) is 0 Å². The van der Waals surface area contributed by atoms with E-state index in [0.717, 1.165) is 39.1 Å². The van der Waals surface area contributed by atoms with Gasteiger partial charge in [0.2, 0.25) is 5.91 Å². The summed E-state index contributed by atoms with van der Waals surface area (Å²) in [7, 11) is 0. The van der Waals surface area contributed by atoms with Crippen LogP contribution in [0.4, 0.5) is 5.69 Å². The van der Waals surface area contributed by atoms with E-state index < -0.39 is 0 Å². The zero-order valence-corrected chi connectivity index (χ0v) is 16.3. The van der Waals surface area contributed by atoms with Crippen LogP contribution in [0.25, 0.3) is 5.69 Å². The number of rotatable bonds is 4. The van der Waals surface area contributed by atoms with E-state index in [-0.39, 0.29) is 5.91 Å². The van der Waals surface area contributed by atoms with E-state index in [1.807, 2.05) is 42.8 Å². The fourth-order valence-corrected chi connectivity index (χ4v) is 4.88. The van der Waals surface area contributed by atoms with Gasteiger partial charge in [-0.1, -0.05) is 6.42 Å². The molecule has 2 fully saturated rings. The topological polar surface area (TPSA) is 46.9 Å². The summed E-state index contributed by atoms with van der Waals surface area (Å²) in [6.45, 7) is 4.02. The molecule has 2 saturated carbocycles. The molecule has 1 aromatic heterocycles. The van der Waals surface area contributed by atoms with Gasteiger partial charge in [-0.05, 0) is 91.1 Å². The van der Waals surface area contributed by atoms with E-state index >= 15 is 0 Å². The Kier molecular flexibility index (Phi) is 4.44. The number of carbonyl (C=O) groups excluding carboxylic acids is 1. The number of nitrogens with zero attached hydrogens (tertiary/aromatic N) is 2. The number of aromatic nitrogens is 2. The Morgan fingerprint density at radius 1 is 1.24 bits per heavy atom. The second-order valence-electron chi connectivity index (χ2n) is 7.63. The number of hydrogen-bond acceptors (Lipinski definition) is 2. The Hall–Kier alpha value is -1.62. The fraction of sp³-hybridized carbons (Fsp3) is 0.500.